The average Bonchev–Trinajstić information content (AvgIpc) is 2.82. The summed E-state index contributed by atoms with van der Waals surface area (Å²) in [6.45, 7) is 4.73. The van der Waals surface area contributed by atoms with Crippen molar-refractivity contribution in [3.05, 3.63) is 0 Å². The van der Waals surface area contributed by atoms with Crippen molar-refractivity contribution in [1.82, 2.24) is 5.32 Å². The maximum absolute atomic E-state index is 12.3. The second kappa shape index (κ2) is 25.5. The Morgan fingerprint density at radius 1 is 0.629 bits per heavy atom. The van der Waals surface area contributed by atoms with E-state index in [0.717, 1.165) is 38.5 Å². The highest BCUT2D eigenvalue weighted by molar-refractivity contribution is 5.87. The number of unbranched alkanes of at least 4 members (excludes halogenated alkanes) is 18. The maximum atomic E-state index is 12.3. The van der Waals surface area contributed by atoms with E-state index in [4.69, 9.17) is 9.84 Å². The number of hydrogen-bond acceptors (Lipinski definition) is 4. The van der Waals surface area contributed by atoms with Gasteiger partial charge in [-0.1, -0.05) is 129 Å². The van der Waals surface area contributed by atoms with Crippen molar-refractivity contribution >= 4 is 17.8 Å². The summed E-state index contributed by atoms with van der Waals surface area (Å²) < 4.78 is 5.27. The fraction of sp³-hybridized carbons (Fsp3) is 0.897. The van der Waals surface area contributed by atoms with Crippen LogP contribution in [0.3, 0.4) is 0 Å². The molecule has 1 amide bonds. The minimum Gasteiger partial charge on any atom is -0.481 e. The first-order valence-corrected chi connectivity index (χ1v) is 14.7. The summed E-state index contributed by atoms with van der Waals surface area (Å²) in [5, 5.41) is 11.7. The number of ether oxygens (including phenoxy) is 1. The lowest BCUT2D eigenvalue weighted by Crippen LogP contribution is -2.43. The van der Waals surface area contributed by atoms with Gasteiger partial charge < -0.3 is 15.2 Å². The van der Waals surface area contributed by atoms with E-state index in [2.05, 4.69) is 19.2 Å². The van der Waals surface area contributed by atoms with Crippen molar-refractivity contribution in [1.29, 1.82) is 0 Å². The third-order valence-corrected chi connectivity index (χ3v) is 6.50. The van der Waals surface area contributed by atoms with Crippen LogP contribution < -0.4 is 5.32 Å². The Bertz CT molecular complexity index is 523. The van der Waals surface area contributed by atoms with Crippen LogP contribution in [0.1, 0.15) is 155 Å². The first-order valence-electron chi connectivity index (χ1n) is 14.7. The Morgan fingerprint density at radius 2 is 1.03 bits per heavy atom. The van der Waals surface area contributed by atoms with Crippen LogP contribution in [-0.4, -0.2) is 35.6 Å². The molecule has 0 radical (unpaired) electrons. The van der Waals surface area contributed by atoms with Crippen molar-refractivity contribution < 1.29 is 24.2 Å². The normalized spacial score (nSPS) is 11.8. The van der Waals surface area contributed by atoms with Gasteiger partial charge in [-0.3, -0.25) is 9.59 Å². The number of carbonyl (C=O) groups excluding carboxylic acids is 2. The third kappa shape index (κ3) is 23.9. The van der Waals surface area contributed by atoms with Crippen LogP contribution in [-0.2, 0) is 19.1 Å². The van der Waals surface area contributed by atoms with Gasteiger partial charge in [0.2, 0.25) is 5.91 Å². The molecule has 35 heavy (non-hydrogen) atoms. The van der Waals surface area contributed by atoms with E-state index in [-0.39, 0.29) is 12.5 Å². The van der Waals surface area contributed by atoms with Crippen LogP contribution in [0.5, 0.6) is 0 Å². The molecule has 0 saturated carbocycles. The molecule has 0 aromatic heterocycles. The third-order valence-electron chi connectivity index (χ3n) is 6.50. The smallest absolute Gasteiger partial charge is 0.329 e. The highest BCUT2D eigenvalue weighted by Gasteiger charge is 2.24. The van der Waals surface area contributed by atoms with Gasteiger partial charge in [0.1, 0.15) is 6.04 Å². The molecule has 0 bridgehead atoms. The number of rotatable bonds is 26. The number of carbonyl (C=O) groups is 3. The van der Waals surface area contributed by atoms with Gasteiger partial charge in [-0.05, 0) is 12.8 Å². The van der Waals surface area contributed by atoms with Crippen molar-refractivity contribution in [2.75, 3.05) is 6.61 Å². The van der Waals surface area contributed by atoms with Crippen molar-refractivity contribution in [3.8, 4) is 0 Å². The van der Waals surface area contributed by atoms with Gasteiger partial charge >= 0.3 is 11.9 Å². The average molecular weight is 498 g/mol. The Morgan fingerprint density at radius 3 is 1.46 bits per heavy atom. The molecule has 0 saturated heterocycles. The van der Waals surface area contributed by atoms with E-state index in [1.165, 1.54) is 89.9 Å². The van der Waals surface area contributed by atoms with Gasteiger partial charge in [0.15, 0.2) is 0 Å². The van der Waals surface area contributed by atoms with Crippen molar-refractivity contribution in [2.45, 2.75) is 161 Å². The minimum absolute atomic E-state index is 0.272. The zero-order valence-corrected chi connectivity index (χ0v) is 22.9. The fourth-order valence-electron chi connectivity index (χ4n) is 4.27. The maximum Gasteiger partial charge on any atom is 0.329 e. The summed E-state index contributed by atoms with van der Waals surface area (Å²) in [5.74, 6) is -2.03. The van der Waals surface area contributed by atoms with Crippen LogP contribution in [0.4, 0.5) is 0 Å². The molecule has 0 spiro atoms. The number of esters is 1. The molecule has 0 rings (SSSR count). The van der Waals surface area contributed by atoms with E-state index in [9.17, 15) is 14.4 Å². The molecule has 0 aliphatic rings. The standard InChI is InChI=1S/C29H55NO5/c1-3-5-7-9-11-13-15-17-19-21-23-27(31)30-26(25-28(32)33)29(34)35-24-22-20-18-16-14-12-10-8-6-4-2/h26H,3-25H2,1-2H3,(H,30,31)(H,32,33)/t26-/m0/s1. The predicted molar refractivity (Wildman–Crippen MR) is 143 cm³/mol. The summed E-state index contributed by atoms with van der Waals surface area (Å²) in [6, 6.07) is -1.11. The van der Waals surface area contributed by atoms with Crippen molar-refractivity contribution in [2.24, 2.45) is 0 Å². The summed E-state index contributed by atoms with van der Waals surface area (Å²) in [7, 11) is 0. The van der Waals surface area contributed by atoms with Crippen LogP contribution >= 0.6 is 0 Å². The first-order chi connectivity index (χ1) is 17.0. The Kier molecular flexibility index (Phi) is 24.3. The van der Waals surface area contributed by atoms with Crippen molar-refractivity contribution in [3.63, 3.8) is 0 Å². The molecule has 206 valence electrons. The monoisotopic (exact) mass is 497 g/mol. The number of nitrogens with one attached hydrogen (secondary N) is 1. The quantitative estimate of drug-likeness (QED) is 0.0942. The summed E-state index contributed by atoms with van der Waals surface area (Å²) in [6.07, 6.45) is 23.6. The molecular weight excluding hydrogens is 442 g/mol. The Labute approximate surface area is 215 Å². The topological polar surface area (TPSA) is 92.7 Å². The van der Waals surface area contributed by atoms with Gasteiger partial charge in [0, 0.05) is 6.42 Å². The van der Waals surface area contributed by atoms with Gasteiger partial charge in [0.05, 0.1) is 13.0 Å². The highest BCUT2D eigenvalue weighted by Crippen LogP contribution is 2.12. The Balaban J connectivity index is 3.88. The van der Waals surface area contributed by atoms with Gasteiger partial charge in [-0.2, -0.15) is 0 Å². The zero-order chi connectivity index (χ0) is 26.0. The predicted octanol–water partition coefficient (Wildman–Crippen LogP) is 7.72. The highest BCUT2D eigenvalue weighted by atomic mass is 16.5. The van der Waals surface area contributed by atoms with Crippen LogP contribution in [0.25, 0.3) is 0 Å². The largest absolute Gasteiger partial charge is 0.481 e. The SMILES string of the molecule is CCCCCCCCCCCCOC(=O)[C@H](CC(=O)O)NC(=O)CCCCCCCCCCCC. The lowest BCUT2D eigenvalue weighted by Gasteiger charge is -2.16. The van der Waals surface area contributed by atoms with E-state index in [1.54, 1.807) is 0 Å². The molecule has 6 nitrogen and oxygen atoms in total. The lowest BCUT2D eigenvalue weighted by molar-refractivity contribution is -0.151. The van der Waals surface area contributed by atoms with Crippen LogP contribution in [0.15, 0.2) is 0 Å². The van der Waals surface area contributed by atoms with Gasteiger partial charge in [0.25, 0.3) is 0 Å². The van der Waals surface area contributed by atoms with E-state index in [0.29, 0.717) is 6.42 Å². The fourth-order valence-corrected chi connectivity index (χ4v) is 4.27. The molecule has 0 unspecified atom stereocenters. The number of carboxylic acids is 1. The number of aliphatic carboxylic acids is 1. The first kappa shape index (κ1) is 33.4. The molecule has 1 atom stereocenters. The minimum atomic E-state index is -1.12. The van der Waals surface area contributed by atoms with E-state index >= 15 is 0 Å². The van der Waals surface area contributed by atoms with E-state index in [1.807, 2.05) is 0 Å². The van der Waals surface area contributed by atoms with Crippen LogP contribution in [0.2, 0.25) is 0 Å². The molecule has 0 aliphatic heterocycles. The summed E-state index contributed by atoms with van der Waals surface area (Å²) in [5.41, 5.74) is 0. The number of carboxylic acid groups (broad SMARTS) is 1. The second-order valence-electron chi connectivity index (χ2n) is 10.00. The summed E-state index contributed by atoms with van der Waals surface area (Å²) in [4.78, 5) is 35.7. The zero-order valence-electron chi connectivity index (χ0n) is 22.9. The van der Waals surface area contributed by atoms with Gasteiger partial charge in [-0.15, -0.1) is 0 Å². The molecule has 0 heterocycles. The second-order valence-corrected chi connectivity index (χ2v) is 10.00. The molecule has 2 N–H and O–H groups in total. The molecule has 0 aromatic rings. The molecular formula is C29H55NO5. The number of amides is 1. The molecule has 0 aromatic carbocycles. The lowest BCUT2D eigenvalue weighted by atomic mass is 10.1. The summed E-state index contributed by atoms with van der Waals surface area (Å²) >= 11 is 0. The molecule has 0 fully saturated rings. The molecule has 6 heteroatoms. The Hall–Kier alpha value is -1.59. The van der Waals surface area contributed by atoms with Gasteiger partial charge in [-0.25, -0.2) is 4.79 Å². The van der Waals surface area contributed by atoms with E-state index < -0.39 is 24.4 Å². The van der Waals surface area contributed by atoms with Crippen LogP contribution in [0, 0.1) is 0 Å². The number of hydrogen-bond donors (Lipinski definition) is 2. The molecule has 0 aliphatic carbocycles.